The molecule has 6 rings (SSSR count). The van der Waals surface area contributed by atoms with Crippen LogP contribution in [0.25, 0.3) is 10.8 Å². The Morgan fingerprint density at radius 2 is 1.70 bits per heavy atom. The summed E-state index contributed by atoms with van der Waals surface area (Å²) >= 11 is 0. The van der Waals surface area contributed by atoms with Crippen molar-refractivity contribution >= 4 is 22.9 Å². The fraction of sp³-hybridized carbons (Fsp3) is 0.476. The lowest BCUT2D eigenvalue weighted by molar-refractivity contribution is -0.146. The second kappa shape index (κ2) is 5.94. The number of fused-ring (bicyclic) bond motifs is 1. The Balaban J connectivity index is 1.39. The topological polar surface area (TPSA) is 94.5 Å². The summed E-state index contributed by atoms with van der Waals surface area (Å²) in [4.78, 5) is 27.3. The van der Waals surface area contributed by atoms with Gasteiger partial charge in [0.25, 0.3) is 5.56 Å². The van der Waals surface area contributed by atoms with Crippen LogP contribution in [0.4, 0.5) is 0 Å². The Bertz CT molecular complexity index is 972. The van der Waals surface area contributed by atoms with Crippen LogP contribution < -0.4 is 11.0 Å². The molecule has 6 heteroatoms. The zero-order valence-corrected chi connectivity index (χ0v) is 15.1. The molecule has 6 nitrogen and oxygen atoms in total. The average molecular weight is 365 g/mol. The molecule has 4 bridgehead atoms. The number of hydrazone groups is 1. The molecular formula is C21H23N3O3. The van der Waals surface area contributed by atoms with Gasteiger partial charge >= 0.3 is 0 Å². The van der Waals surface area contributed by atoms with Gasteiger partial charge in [0.15, 0.2) is 0 Å². The number of hydrogen-bond acceptors (Lipinski definition) is 4. The molecule has 1 aromatic carbocycles. The van der Waals surface area contributed by atoms with E-state index in [4.69, 9.17) is 0 Å². The van der Waals surface area contributed by atoms with Crippen molar-refractivity contribution < 1.29 is 9.90 Å². The Kier molecular flexibility index (Phi) is 3.64. The molecule has 0 saturated heterocycles. The first-order valence-electron chi connectivity index (χ1n) is 9.71. The van der Waals surface area contributed by atoms with E-state index in [9.17, 15) is 14.7 Å². The molecule has 0 aliphatic heterocycles. The van der Waals surface area contributed by atoms with Crippen LogP contribution in [0, 0.1) is 23.2 Å². The highest BCUT2D eigenvalue weighted by atomic mass is 16.3. The van der Waals surface area contributed by atoms with Gasteiger partial charge in [0, 0.05) is 10.8 Å². The molecule has 4 saturated carbocycles. The molecule has 4 aliphatic rings. The van der Waals surface area contributed by atoms with Crippen LogP contribution in [-0.2, 0) is 4.79 Å². The molecule has 0 spiro atoms. The van der Waals surface area contributed by atoms with E-state index in [0.29, 0.717) is 34.1 Å². The molecule has 1 amide bonds. The second-order valence-electron chi connectivity index (χ2n) is 8.66. The van der Waals surface area contributed by atoms with Crippen LogP contribution in [0.3, 0.4) is 0 Å². The number of carbonyl (C=O) groups is 1. The number of benzene rings is 1. The number of hydrogen-bond donors (Lipinski definition) is 3. The predicted molar refractivity (Wildman–Crippen MR) is 103 cm³/mol. The highest BCUT2D eigenvalue weighted by molar-refractivity contribution is 6.01. The maximum atomic E-state index is 12.9. The smallest absolute Gasteiger partial charge is 0.258 e. The SMILES string of the molecule is O=C(N/N=C\c1c(O)[nH]c(=O)c2ccccc12)C12CC3CC(CC(C3)C1)C2. The van der Waals surface area contributed by atoms with Crippen LogP contribution in [0.2, 0.25) is 0 Å². The van der Waals surface area contributed by atoms with E-state index >= 15 is 0 Å². The number of carbonyl (C=O) groups excluding carboxylic acids is 1. The quantitative estimate of drug-likeness (QED) is 0.576. The first-order valence-corrected chi connectivity index (χ1v) is 9.71. The molecule has 4 fully saturated rings. The predicted octanol–water partition coefficient (Wildman–Crippen LogP) is 2.90. The summed E-state index contributed by atoms with van der Waals surface area (Å²) in [5, 5.41) is 15.3. The van der Waals surface area contributed by atoms with Gasteiger partial charge in [-0.1, -0.05) is 18.2 Å². The maximum absolute atomic E-state index is 12.9. The zero-order valence-electron chi connectivity index (χ0n) is 15.1. The zero-order chi connectivity index (χ0) is 18.6. The Labute approximate surface area is 156 Å². The van der Waals surface area contributed by atoms with Gasteiger partial charge in [-0.25, -0.2) is 5.43 Å². The molecular weight excluding hydrogens is 342 g/mol. The van der Waals surface area contributed by atoms with Crippen molar-refractivity contribution in [1.82, 2.24) is 10.4 Å². The van der Waals surface area contributed by atoms with Crippen molar-refractivity contribution in [3.05, 3.63) is 40.2 Å². The standard InChI is InChI=1S/C21H23N3O3/c25-18-16-4-2-1-3-15(16)17(19(26)23-18)11-22-24-20(27)21-8-12-5-13(9-21)7-14(6-12)10-21/h1-4,11-14H,5-10H2,(H,24,27)(H2,23,25,26)/b22-11-. The highest BCUT2D eigenvalue weighted by Gasteiger charge is 2.54. The van der Waals surface area contributed by atoms with E-state index in [1.54, 1.807) is 24.3 Å². The largest absolute Gasteiger partial charge is 0.494 e. The van der Waals surface area contributed by atoms with Gasteiger partial charge in [-0.15, -0.1) is 0 Å². The molecule has 1 aromatic heterocycles. The van der Waals surface area contributed by atoms with Crippen LogP contribution in [-0.4, -0.2) is 22.2 Å². The number of H-pyrrole nitrogens is 1. The first kappa shape index (κ1) is 16.5. The van der Waals surface area contributed by atoms with Gasteiger partial charge in [-0.05, 0) is 62.3 Å². The number of rotatable bonds is 3. The molecule has 27 heavy (non-hydrogen) atoms. The monoisotopic (exact) mass is 365 g/mol. The summed E-state index contributed by atoms with van der Waals surface area (Å²) in [6.45, 7) is 0. The molecule has 0 unspecified atom stereocenters. The molecule has 1 heterocycles. The first-order chi connectivity index (χ1) is 13.0. The number of nitrogens with zero attached hydrogens (tertiary/aromatic N) is 1. The number of aromatic hydroxyl groups is 1. The van der Waals surface area contributed by atoms with Crippen molar-refractivity contribution in [2.24, 2.45) is 28.3 Å². The maximum Gasteiger partial charge on any atom is 0.258 e. The number of aromatic nitrogens is 1. The van der Waals surface area contributed by atoms with Gasteiger partial charge in [0.05, 0.1) is 17.2 Å². The van der Waals surface area contributed by atoms with E-state index in [-0.39, 0.29) is 22.8 Å². The Morgan fingerprint density at radius 1 is 1.11 bits per heavy atom. The van der Waals surface area contributed by atoms with Gasteiger partial charge in [-0.3, -0.25) is 14.6 Å². The number of aromatic amines is 1. The molecule has 4 aliphatic carbocycles. The van der Waals surface area contributed by atoms with Crippen LogP contribution in [0.15, 0.2) is 34.2 Å². The van der Waals surface area contributed by atoms with Gasteiger partial charge in [0.1, 0.15) is 0 Å². The Hall–Kier alpha value is -2.63. The van der Waals surface area contributed by atoms with Gasteiger partial charge < -0.3 is 5.11 Å². The van der Waals surface area contributed by atoms with Gasteiger partial charge in [-0.2, -0.15) is 5.10 Å². The van der Waals surface area contributed by atoms with Crippen LogP contribution >= 0.6 is 0 Å². The van der Waals surface area contributed by atoms with E-state index in [0.717, 1.165) is 19.3 Å². The summed E-state index contributed by atoms with van der Waals surface area (Å²) in [5.41, 5.74) is 2.51. The molecule has 0 atom stereocenters. The summed E-state index contributed by atoms with van der Waals surface area (Å²) in [5.74, 6) is 1.84. The van der Waals surface area contributed by atoms with E-state index in [1.165, 1.54) is 25.5 Å². The molecule has 3 N–H and O–H groups in total. The van der Waals surface area contributed by atoms with Crippen molar-refractivity contribution in [2.75, 3.05) is 0 Å². The van der Waals surface area contributed by atoms with E-state index in [1.807, 2.05) is 0 Å². The van der Waals surface area contributed by atoms with E-state index in [2.05, 4.69) is 15.5 Å². The van der Waals surface area contributed by atoms with Crippen molar-refractivity contribution in [3.8, 4) is 5.88 Å². The lowest BCUT2D eigenvalue weighted by Crippen LogP contribution is -2.52. The number of pyridine rings is 1. The molecule has 0 radical (unpaired) electrons. The lowest BCUT2D eigenvalue weighted by Gasteiger charge is -2.55. The van der Waals surface area contributed by atoms with Crippen molar-refractivity contribution in [1.29, 1.82) is 0 Å². The van der Waals surface area contributed by atoms with Crippen molar-refractivity contribution in [3.63, 3.8) is 0 Å². The second-order valence-corrected chi connectivity index (χ2v) is 8.66. The fourth-order valence-corrected chi connectivity index (χ4v) is 6.08. The minimum absolute atomic E-state index is 0.00562. The Morgan fingerprint density at radius 3 is 2.33 bits per heavy atom. The minimum atomic E-state index is -0.349. The average Bonchev–Trinajstić information content (AvgIpc) is 2.63. The van der Waals surface area contributed by atoms with Crippen LogP contribution in [0.1, 0.15) is 44.1 Å². The lowest BCUT2D eigenvalue weighted by atomic mass is 9.49. The fourth-order valence-electron chi connectivity index (χ4n) is 6.08. The van der Waals surface area contributed by atoms with Crippen LogP contribution in [0.5, 0.6) is 5.88 Å². The van der Waals surface area contributed by atoms with E-state index < -0.39 is 0 Å². The third kappa shape index (κ3) is 2.66. The third-order valence-corrected chi connectivity index (χ3v) is 6.83. The summed E-state index contributed by atoms with van der Waals surface area (Å²) < 4.78 is 0. The molecule has 2 aromatic rings. The molecule has 140 valence electrons. The minimum Gasteiger partial charge on any atom is -0.494 e. The van der Waals surface area contributed by atoms with Gasteiger partial charge in [0.2, 0.25) is 11.8 Å². The summed E-state index contributed by atoms with van der Waals surface area (Å²) in [6, 6.07) is 7.02. The summed E-state index contributed by atoms with van der Waals surface area (Å²) in [7, 11) is 0. The number of amides is 1. The number of nitrogens with one attached hydrogen (secondary N) is 2. The normalized spacial score (nSPS) is 31.6. The third-order valence-electron chi connectivity index (χ3n) is 6.83. The van der Waals surface area contributed by atoms with Crippen molar-refractivity contribution in [2.45, 2.75) is 38.5 Å². The highest BCUT2D eigenvalue weighted by Crippen LogP contribution is 2.60. The summed E-state index contributed by atoms with van der Waals surface area (Å²) in [6.07, 6.45) is 8.21.